The zero-order valence-corrected chi connectivity index (χ0v) is 20.2. The lowest BCUT2D eigenvalue weighted by molar-refractivity contribution is -0.115. The standard InChI is InChI=1S/C25H32N4O5/c1-16(25(2,3)32)27-18-14-19-21(28-20(30)13-17-9-7-6-8-10-17)22(24(31)34-5)29(11-12-33-4)23(19)26-15-18/h6-10,14-16,27,32H,11-13H2,1-5H3,(H,28,30). The molecule has 0 saturated carbocycles. The van der Waals surface area contributed by atoms with Crippen molar-refractivity contribution >= 4 is 34.3 Å². The number of carbonyl (C=O) groups excluding carboxylic acids is 2. The van der Waals surface area contributed by atoms with Crippen molar-refractivity contribution in [1.29, 1.82) is 0 Å². The first-order valence-electron chi connectivity index (χ1n) is 11.1. The summed E-state index contributed by atoms with van der Waals surface area (Å²) in [4.78, 5) is 30.3. The molecule has 0 radical (unpaired) electrons. The van der Waals surface area contributed by atoms with Gasteiger partial charge in [-0.25, -0.2) is 9.78 Å². The molecular formula is C25H32N4O5. The summed E-state index contributed by atoms with van der Waals surface area (Å²) in [5, 5.41) is 17.0. The largest absolute Gasteiger partial charge is 0.464 e. The average Bonchev–Trinajstić information content (AvgIpc) is 3.09. The summed E-state index contributed by atoms with van der Waals surface area (Å²) in [6, 6.07) is 10.9. The number of nitrogens with one attached hydrogen (secondary N) is 2. The average molecular weight is 469 g/mol. The molecule has 1 amide bonds. The lowest BCUT2D eigenvalue weighted by atomic mass is 10.0. The van der Waals surface area contributed by atoms with Crippen molar-refractivity contribution in [1.82, 2.24) is 9.55 Å². The number of nitrogens with zero attached hydrogens (tertiary/aromatic N) is 2. The normalized spacial score (nSPS) is 12.4. The van der Waals surface area contributed by atoms with E-state index >= 15 is 0 Å². The van der Waals surface area contributed by atoms with Crippen LogP contribution >= 0.6 is 0 Å². The van der Waals surface area contributed by atoms with E-state index in [1.165, 1.54) is 7.11 Å². The fraction of sp³-hybridized carbons (Fsp3) is 0.400. The minimum Gasteiger partial charge on any atom is -0.464 e. The summed E-state index contributed by atoms with van der Waals surface area (Å²) in [7, 11) is 2.86. The molecule has 0 spiro atoms. The maximum atomic E-state index is 12.9. The Hall–Kier alpha value is -3.43. The molecule has 3 rings (SSSR count). The lowest BCUT2D eigenvalue weighted by Crippen LogP contribution is -2.39. The van der Waals surface area contributed by atoms with Gasteiger partial charge in [0, 0.05) is 19.0 Å². The van der Waals surface area contributed by atoms with Crippen molar-refractivity contribution < 1.29 is 24.2 Å². The first-order valence-corrected chi connectivity index (χ1v) is 11.1. The number of fused-ring (bicyclic) bond motifs is 1. The summed E-state index contributed by atoms with van der Waals surface area (Å²) in [6.45, 7) is 5.95. The van der Waals surface area contributed by atoms with Gasteiger partial charge in [0.15, 0.2) is 5.69 Å². The third-order valence-corrected chi connectivity index (χ3v) is 5.71. The summed E-state index contributed by atoms with van der Waals surface area (Å²) >= 11 is 0. The molecule has 1 unspecified atom stereocenters. The van der Waals surface area contributed by atoms with E-state index in [1.54, 1.807) is 37.8 Å². The molecule has 3 N–H and O–H groups in total. The SMILES string of the molecule is COCCn1c(C(=O)OC)c(NC(=O)Cc2ccccc2)c2cc(NC(C)C(C)(C)O)cnc21. The number of anilines is 2. The number of ether oxygens (including phenoxy) is 2. The Balaban J connectivity index is 2.09. The number of benzene rings is 1. The molecule has 9 nitrogen and oxygen atoms in total. The predicted molar refractivity (Wildman–Crippen MR) is 131 cm³/mol. The van der Waals surface area contributed by atoms with Gasteiger partial charge in [-0.15, -0.1) is 0 Å². The Morgan fingerprint density at radius 2 is 1.91 bits per heavy atom. The molecule has 1 atom stereocenters. The first-order chi connectivity index (χ1) is 16.2. The Morgan fingerprint density at radius 1 is 1.21 bits per heavy atom. The molecule has 182 valence electrons. The van der Waals surface area contributed by atoms with E-state index in [4.69, 9.17) is 9.47 Å². The lowest BCUT2D eigenvalue weighted by Gasteiger charge is -2.27. The quantitative estimate of drug-likeness (QED) is 0.391. The number of amides is 1. The molecule has 2 heterocycles. The maximum absolute atomic E-state index is 12.9. The van der Waals surface area contributed by atoms with E-state index in [0.717, 1.165) is 5.56 Å². The molecule has 3 aromatic rings. The number of aliphatic hydroxyl groups is 1. The monoisotopic (exact) mass is 468 g/mol. The minimum atomic E-state index is -0.969. The van der Waals surface area contributed by atoms with Crippen LogP contribution in [0.25, 0.3) is 11.0 Å². The first kappa shape index (κ1) is 25.2. The van der Waals surface area contributed by atoms with Crippen molar-refractivity contribution in [3.8, 4) is 0 Å². The summed E-state index contributed by atoms with van der Waals surface area (Å²) in [5.41, 5.74) is 1.54. The third kappa shape index (κ3) is 5.73. The van der Waals surface area contributed by atoms with Gasteiger partial charge in [-0.3, -0.25) is 4.79 Å². The number of carbonyl (C=O) groups is 2. The van der Waals surface area contributed by atoms with Crippen LogP contribution in [0.5, 0.6) is 0 Å². The van der Waals surface area contributed by atoms with Crippen molar-refractivity contribution in [3.63, 3.8) is 0 Å². The van der Waals surface area contributed by atoms with Crippen molar-refractivity contribution in [2.24, 2.45) is 0 Å². The Bertz CT molecular complexity index is 1150. The van der Waals surface area contributed by atoms with Crippen LogP contribution < -0.4 is 10.6 Å². The van der Waals surface area contributed by atoms with E-state index in [0.29, 0.717) is 35.6 Å². The number of methoxy groups -OCH3 is 2. The number of pyridine rings is 1. The molecular weight excluding hydrogens is 436 g/mol. The van der Waals surface area contributed by atoms with Gasteiger partial charge in [0.25, 0.3) is 0 Å². The van der Waals surface area contributed by atoms with Crippen molar-refractivity contribution in [2.45, 2.75) is 45.4 Å². The number of hydrogen-bond donors (Lipinski definition) is 3. The van der Waals surface area contributed by atoms with Crippen LogP contribution in [0.1, 0.15) is 36.8 Å². The van der Waals surface area contributed by atoms with E-state index in [2.05, 4.69) is 15.6 Å². The second-order valence-corrected chi connectivity index (χ2v) is 8.69. The topological polar surface area (TPSA) is 115 Å². The summed E-state index contributed by atoms with van der Waals surface area (Å²) in [6.07, 6.45) is 1.78. The Morgan fingerprint density at radius 3 is 2.53 bits per heavy atom. The number of aromatic nitrogens is 2. The van der Waals surface area contributed by atoms with Crippen molar-refractivity contribution in [2.75, 3.05) is 31.5 Å². The predicted octanol–water partition coefficient (Wildman–Crippen LogP) is 3.22. The van der Waals surface area contributed by atoms with Gasteiger partial charge in [-0.05, 0) is 32.4 Å². The van der Waals surface area contributed by atoms with Gasteiger partial charge >= 0.3 is 5.97 Å². The zero-order valence-electron chi connectivity index (χ0n) is 20.2. The molecule has 34 heavy (non-hydrogen) atoms. The van der Waals surface area contributed by atoms with Gasteiger partial charge < -0.3 is 29.8 Å². The maximum Gasteiger partial charge on any atom is 0.356 e. The molecule has 0 fully saturated rings. The van der Waals surface area contributed by atoms with Crippen LogP contribution in [-0.4, -0.2) is 59.0 Å². The molecule has 0 aliphatic heterocycles. The number of hydrogen-bond acceptors (Lipinski definition) is 7. The zero-order chi connectivity index (χ0) is 24.9. The fourth-order valence-electron chi connectivity index (χ4n) is 3.53. The molecule has 0 saturated heterocycles. The summed E-state index contributed by atoms with van der Waals surface area (Å²) in [5.74, 6) is -0.867. The van der Waals surface area contributed by atoms with Gasteiger partial charge in [-0.1, -0.05) is 30.3 Å². The van der Waals surface area contributed by atoms with Crippen LogP contribution in [0.3, 0.4) is 0 Å². The highest BCUT2D eigenvalue weighted by Gasteiger charge is 2.27. The Kier molecular flexibility index (Phi) is 7.90. The molecule has 9 heteroatoms. The van der Waals surface area contributed by atoms with E-state index < -0.39 is 11.6 Å². The number of esters is 1. The summed E-state index contributed by atoms with van der Waals surface area (Å²) < 4.78 is 11.9. The van der Waals surface area contributed by atoms with E-state index in [9.17, 15) is 14.7 Å². The van der Waals surface area contributed by atoms with Gasteiger partial charge in [0.2, 0.25) is 5.91 Å². The second-order valence-electron chi connectivity index (χ2n) is 8.69. The van der Waals surface area contributed by atoms with Crippen LogP contribution in [-0.2, 0) is 27.2 Å². The fourth-order valence-corrected chi connectivity index (χ4v) is 3.53. The third-order valence-electron chi connectivity index (χ3n) is 5.71. The van der Waals surface area contributed by atoms with Crippen LogP contribution in [0.2, 0.25) is 0 Å². The van der Waals surface area contributed by atoms with Crippen LogP contribution in [0.4, 0.5) is 11.4 Å². The van der Waals surface area contributed by atoms with Gasteiger partial charge in [0.05, 0.1) is 49.4 Å². The van der Waals surface area contributed by atoms with E-state index in [1.807, 2.05) is 37.3 Å². The van der Waals surface area contributed by atoms with Gasteiger partial charge in [0.1, 0.15) is 5.65 Å². The highest BCUT2D eigenvalue weighted by atomic mass is 16.5. The van der Waals surface area contributed by atoms with Crippen LogP contribution in [0.15, 0.2) is 42.6 Å². The van der Waals surface area contributed by atoms with Crippen LogP contribution in [0, 0.1) is 0 Å². The number of rotatable bonds is 10. The molecule has 0 aliphatic rings. The smallest absolute Gasteiger partial charge is 0.356 e. The Labute approximate surface area is 199 Å². The molecule has 0 bridgehead atoms. The molecule has 0 aliphatic carbocycles. The van der Waals surface area contributed by atoms with Crippen molar-refractivity contribution in [3.05, 3.63) is 53.9 Å². The molecule has 1 aromatic carbocycles. The highest BCUT2D eigenvalue weighted by Crippen LogP contribution is 2.33. The van der Waals surface area contributed by atoms with Gasteiger partial charge in [-0.2, -0.15) is 0 Å². The highest BCUT2D eigenvalue weighted by molar-refractivity contribution is 6.11. The van der Waals surface area contributed by atoms with E-state index in [-0.39, 0.29) is 24.1 Å². The minimum absolute atomic E-state index is 0.146. The molecule has 2 aromatic heterocycles. The second kappa shape index (κ2) is 10.7.